The number of aromatic nitrogens is 1. The van der Waals surface area contributed by atoms with Crippen LogP contribution in [0.25, 0.3) is 0 Å². The Bertz CT molecular complexity index is 899. The first-order chi connectivity index (χ1) is 12.0. The lowest BCUT2D eigenvalue weighted by atomic mass is 10.2. The van der Waals surface area contributed by atoms with Gasteiger partial charge in [0.05, 0.1) is 16.9 Å². The molecule has 0 aliphatic heterocycles. The van der Waals surface area contributed by atoms with Gasteiger partial charge in [-0.05, 0) is 54.6 Å². The zero-order valence-electron chi connectivity index (χ0n) is 12.8. The minimum atomic E-state index is -0.486. The number of hydrogen-bond donors (Lipinski definition) is 2. The SMILES string of the molecule is O=C(Nc1ccc(Nc2ccc(F)c(Cl)c2)nc1)c1ccc(Cl)cc1. The van der Waals surface area contributed by atoms with E-state index >= 15 is 0 Å². The van der Waals surface area contributed by atoms with Crippen LogP contribution < -0.4 is 10.6 Å². The molecule has 3 aromatic rings. The molecule has 0 aliphatic carbocycles. The van der Waals surface area contributed by atoms with Gasteiger partial charge in [0, 0.05) is 16.3 Å². The third-order valence-electron chi connectivity index (χ3n) is 3.32. The summed E-state index contributed by atoms with van der Waals surface area (Å²) in [4.78, 5) is 16.3. The zero-order valence-corrected chi connectivity index (χ0v) is 14.3. The topological polar surface area (TPSA) is 54.0 Å². The van der Waals surface area contributed by atoms with Crippen LogP contribution in [0.2, 0.25) is 10.0 Å². The van der Waals surface area contributed by atoms with Crippen molar-refractivity contribution in [1.29, 1.82) is 0 Å². The summed E-state index contributed by atoms with van der Waals surface area (Å²) < 4.78 is 13.2. The van der Waals surface area contributed by atoms with Gasteiger partial charge in [0.25, 0.3) is 5.91 Å². The molecule has 2 aromatic carbocycles. The Balaban J connectivity index is 1.66. The Morgan fingerprint density at radius 1 is 0.960 bits per heavy atom. The lowest BCUT2D eigenvalue weighted by Gasteiger charge is -2.08. The van der Waals surface area contributed by atoms with E-state index in [9.17, 15) is 9.18 Å². The fourth-order valence-corrected chi connectivity index (χ4v) is 2.37. The number of anilines is 3. The molecule has 0 fully saturated rings. The predicted octanol–water partition coefficient (Wildman–Crippen LogP) is 5.52. The summed E-state index contributed by atoms with van der Waals surface area (Å²) in [6.07, 6.45) is 1.52. The molecule has 0 unspecified atom stereocenters. The maximum absolute atomic E-state index is 13.2. The first kappa shape index (κ1) is 17.2. The number of amides is 1. The van der Waals surface area contributed by atoms with Gasteiger partial charge in [0.1, 0.15) is 11.6 Å². The molecule has 1 aromatic heterocycles. The van der Waals surface area contributed by atoms with Crippen LogP contribution in [0.15, 0.2) is 60.8 Å². The largest absolute Gasteiger partial charge is 0.340 e. The third kappa shape index (κ3) is 4.47. The van der Waals surface area contributed by atoms with Gasteiger partial charge >= 0.3 is 0 Å². The van der Waals surface area contributed by atoms with E-state index in [2.05, 4.69) is 15.6 Å². The van der Waals surface area contributed by atoms with Crippen molar-refractivity contribution < 1.29 is 9.18 Å². The molecule has 25 heavy (non-hydrogen) atoms. The number of hydrogen-bond acceptors (Lipinski definition) is 3. The van der Waals surface area contributed by atoms with Crippen molar-refractivity contribution in [3.8, 4) is 0 Å². The summed E-state index contributed by atoms with van der Waals surface area (Å²) in [6.45, 7) is 0. The molecule has 7 heteroatoms. The number of benzene rings is 2. The highest BCUT2D eigenvalue weighted by Gasteiger charge is 2.07. The second-order valence-corrected chi connectivity index (χ2v) is 5.99. The Morgan fingerprint density at radius 2 is 1.68 bits per heavy atom. The number of carbonyl (C=O) groups excluding carboxylic acids is 1. The van der Waals surface area contributed by atoms with Crippen molar-refractivity contribution in [2.24, 2.45) is 0 Å². The van der Waals surface area contributed by atoms with Crippen molar-refractivity contribution in [3.05, 3.63) is 82.2 Å². The van der Waals surface area contributed by atoms with Crippen LogP contribution in [0.3, 0.4) is 0 Å². The number of pyridine rings is 1. The second-order valence-electron chi connectivity index (χ2n) is 5.15. The highest BCUT2D eigenvalue weighted by Crippen LogP contribution is 2.22. The quantitative estimate of drug-likeness (QED) is 0.630. The van der Waals surface area contributed by atoms with Crippen molar-refractivity contribution >= 4 is 46.3 Å². The molecule has 126 valence electrons. The first-order valence-corrected chi connectivity index (χ1v) is 8.02. The third-order valence-corrected chi connectivity index (χ3v) is 3.86. The Hall–Kier alpha value is -2.63. The lowest BCUT2D eigenvalue weighted by molar-refractivity contribution is 0.102. The monoisotopic (exact) mass is 375 g/mol. The van der Waals surface area contributed by atoms with Gasteiger partial charge < -0.3 is 10.6 Å². The molecule has 0 aliphatic rings. The molecule has 0 spiro atoms. The Morgan fingerprint density at radius 3 is 2.32 bits per heavy atom. The Kier molecular flexibility index (Phi) is 5.16. The fourth-order valence-electron chi connectivity index (χ4n) is 2.07. The van der Waals surface area contributed by atoms with Crippen LogP contribution in [0.4, 0.5) is 21.6 Å². The second kappa shape index (κ2) is 7.51. The van der Waals surface area contributed by atoms with E-state index in [0.717, 1.165) is 0 Å². The maximum atomic E-state index is 13.2. The molecule has 4 nitrogen and oxygen atoms in total. The summed E-state index contributed by atoms with van der Waals surface area (Å²) >= 11 is 11.5. The van der Waals surface area contributed by atoms with E-state index in [1.54, 1.807) is 42.5 Å². The molecule has 2 N–H and O–H groups in total. The smallest absolute Gasteiger partial charge is 0.255 e. The highest BCUT2D eigenvalue weighted by atomic mass is 35.5. The standard InChI is InChI=1S/C18H12Cl2FN3O/c19-12-3-1-11(2-4-12)18(25)24-14-6-8-17(22-10-14)23-13-5-7-16(21)15(20)9-13/h1-10H,(H,22,23)(H,24,25). The number of nitrogens with one attached hydrogen (secondary N) is 2. The number of halogens is 3. The molecule has 1 amide bonds. The molecule has 0 bridgehead atoms. The zero-order chi connectivity index (χ0) is 17.8. The fraction of sp³-hybridized carbons (Fsp3) is 0. The number of carbonyl (C=O) groups is 1. The molecular formula is C18H12Cl2FN3O. The number of rotatable bonds is 4. The summed E-state index contributed by atoms with van der Waals surface area (Å²) in [5.41, 5.74) is 1.65. The van der Waals surface area contributed by atoms with E-state index in [4.69, 9.17) is 23.2 Å². The van der Waals surface area contributed by atoms with Crippen molar-refractivity contribution in [3.63, 3.8) is 0 Å². The van der Waals surface area contributed by atoms with Gasteiger partial charge in [0.15, 0.2) is 0 Å². The van der Waals surface area contributed by atoms with Crippen LogP contribution in [-0.4, -0.2) is 10.9 Å². The molecule has 0 atom stereocenters. The normalized spacial score (nSPS) is 10.4. The summed E-state index contributed by atoms with van der Waals surface area (Å²) in [6, 6.07) is 14.3. The van der Waals surface area contributed by atoms with Gasteiger partial charge in [-0.25, -0.2) is 9.37 Å². The molecule has 3 rings (SSSR count). The predicted molar refractivity (Wildman–Crippen MR) is 98.3 cm³/mol. The molecule has 0 radical (unpaired) electrons. The van der Waals surface area contributed by atoms with Gasteiger partial charge in [-0.1, -0.05) is 23.2 Å². The minimum absolute atomic E-state index is 0.0249. The van der Waals surface area contributed by atoms with E-state index in [1.807, 2.05) is 0 Å². The summed E-state index contributed by atoms with van der Waals surface area (Å²) in [7, 11) is 0. The Labute approximate surface area is 153 Å². The first-order valence-electron chi connectivity index (χ1n) is 7.26. The van der Waals surface area contributed by atoms with Gasteiger partial charge in [-0.15, -0.1) is 0 Å². The van der Waals surface area contributed by atoms with Crippen LogP contribution in [-0.2, 0) is 0 Å². The van der Waals surface area contributed by atoms with Crippen LogP contribution >= 0.6 is 23.2 Å². The average Bonchev–Trinajstić information content (AvgIpc) is 2.60. The van der Waals surface area contributed by atoms with Gasteiger partial charge in [0.2, 0.25) is 0 Å². The van der Waals surface area contributed by atoms with Crippen molar-refractivity contribution in [2.45, 2.75) is 0 Å². The van der Waals surface area contributed by atoms with E-state index in [-0.39, 0.29) is 10.9 Å². The molecule has 1 heterocycles. The van der Waals surface area contributed by atoms with Crippen LogP contribution in [0, 0.1) is 5.82 Å². The van der Waals surface area contributed by atoms with Gasteiger partial charge in [-0.3, -0.25) is 4.79 Å². The molecule has 0 saturated heterocycles. The highest BCUT2D eigenvalue weighted by molar-refractivity contribution is 6.31. The van der Waals surface area contributed by atoms with Gasteiger partial charge in [-0.2, -0.15) is 0 Å². The molecule has 0 saturated carbocycles. The van der Waals surface area contributed by atoms with E-state index in [1.165, 1.54) is 18.3 Å². The summed E-state index contributed by atoms with van der Waals surface area (Å²) in [5.74, 6) is -0.211. The van der Waals surface area contributed by atoms with Crippen molar-refractivity contribution in [1.82, 2.24) is 4.98 Å². The maximum Gasteiger partial charge on any atom is 0.255 e. The minimum Gasteiger partial charge on any atom is -0.340 e. The van der Waals surface area contributed by atoms with Crippen molar-refractivity contribution in [2.75, 3.05) is 10.6 Å². The number of nitrogens with zero attached hydrogens (tertiary/aromatic N) is 1. The average molecular weight is 376 g/mol. The molecular weight excluding hydrogens is 364 g/mol. The van der Waals surface area contributed by atoms with Crippen LogP contribution in [0.1, 0.15) is 10.4 Å². The van der Waals surface area contributed by atoms with Crippen LogP contribution in [0.5, 0.6) is 0 Å². The van der Waals surface area contributed by atoms with E-state index in [0.29, 0.717) is 27.8 Å². The lowest BCUT2D eigenvalue weighted by Crippen LogP contribution is -2.11. The van der Waals surface area contributed by atoms with E-state index < -0.39 is 5.82 Å². The summed E-state index contributed by atoms with van der Waals surface area (Å²) in [5, 5.41) is 6.33.